The first-order valence-corrected chi connectivity index (χ1v) is 12.2. The van der Waals surface area contributed by atoms with Crippen molar-refractivity contribution in [3.8, 4) is 10.4 Å². The third kappa shape index (κ3) is 6.02. The van der Waals surface area contributed by atoms with Gasteiger partial charge in [0, 0.05) is 40.7 Å². The molecule has 0 unspecified atom stereocenters. The number of nitrogens with one attached hydrogen (secondary N) is 2. The van der Waals surface area contributed by atoms with E-state index < -0.39 is 26.6 Å². The van der Waals surface area contributed by atoms with Crippen molar-refractivity contribution >= 4 is 37.8 Å². The zero-order valence-electron chi connectivity index (χ0n) is 19.0. The summed E-state index contributed by atoms with van der Waals surface area (Å²) in [6.45, 7) is 1.61. The first kappa shape index (κ1) is 27.5. The molecule has 0 saturated carbocycles. The van der Waals surface area contributed by atoms with Gasteiger partial charge in [0.15, 0.2) is 0 Å². The Morgan fingerprint density at radius 3 is 2.49 bits per heavy atom. The smallest absolute Gasteiger partial charge is 0.678 e. The van der Waals surface area contributed by atoms with Crippen LogP contribution >= 0.6 is 11.3 Å². The Morgan fingerprint density at radius 1 is 1.11 bits per heavy atom. The van der Waals surface area contributed by atoms with E-state index in [1.54, 1.807) is 56.8 Å². The number of thiophene rings is 1. The maximum atomic E-state index is 14.1. The molecule has 35 heavy (non-hydrogen) atoms. The zero-order chi connectivity index (χ0) is 24.5. The first-order chi connectivity index (χ1) is 16.2. The van der Waals surface area contributed by atoms with Gasteiger partial charge in [-0.05, 0) is 48.9 Å². The van der Waals surface area contributed by atoms with Crippen molar-refractivity contribution in [1.29, 1.82) is 5.41 Å². The quantitative estimate of drug-likeness (QED) is 0.279. The second-order valence-electron chi connectivity index (χ2n) is 7.20. The molecule has 0 fully saturated rings. The molecule has 174 valence electrons. The van der Waals surface area contributed by atoms with Crippen LogP contribution in [0.3, 0.4) is 0 Å². The minimum atomic E-state index is -4.33. The van der Waals surface area contributed by atoms with Crippen LogP contribution in [0.4, 0.5) is 19.5 Å². The number of pyridine rings is 2. The summed E-state index contributed by atoms with van der Waals surface area (Å²) >= 11 is 1.33. The molecular weight excluding hydrogens is 520 g/mol. The van der Waals surface area contributed by atoms with Crippen LogP contribution in [0.2, 0.25) is 0 Å². The Bertz CT molecular complexity index is 1500. The van der Waals surface area contributed by atoms with Crippen LogP contribution in [0.15, 0.2) is 66.0 Å². The fourth-order valence-electron chi connectivity index (χ4n) is 3.21. The van der Waals surface area contributed by atoms with Gasteiger partial charge >= 0.3 is 51.4 Å². The van der Waals surface area contributed by atoms with Crippen LogP contribution in [0, 0.1) is 24.0 Å². The van der Waals surface area contributed by atoms with E-state index in [1.807, 2.05) is 0 Å². The molecule has 0 amide bonds. The van der Waals surface area contributed by atoms with Gasteiger partial charge in [0.2, 0.25) is 0 Å². The van der Waals surface area contributed by atoms with Gasteiger partial charge in [0.05, 0.1) is 17.1 Å². The molecule has 0 bridgehead atoms. The Balaban J connectivity index is 0.00000342. The van der Waals surface area contributed by atoms with Gasteiger partial charge in [0.1, 0.15) is 16.5 Å². The number of nitrogens with zero attached hydrogens (tertiary/aromatic N) is 3. The number of halogens is 2. The topological polar surface area (TPSA) is 110 Å². The first-order valence-electron chi connectivity index (χ1n) is 9.87. The Morgan fingerprint density at radius 2 is 1.83 bits per heavy atom. The molecule has 12 heteroatoms. The summed E-state index contributed by atoms with van der Waals surface area (Å²) in [4.78, 5) is 8.29. The number of rotatable bonds is 7. The van der Waals surface area contributed by atoms with Gasteiger partial charge in [-0.25, -0.2) is 17.2 Å². The molecule has 1 aromatic carbocycles. The number of benzene rings is 1. The normalized spacial score (nSPS) is 11.0. The van der Waals surface area contributed by atoms with E-state index in [2.05, 4.69) is 20.0 Å². The summed E-state index contributed by atoms with van der Waals surface area (Å²) in [5, 5.41) is 13.5. The van der Waals surface area contributed by atoms with Gasteiger partial charge in [-0.1, -0.05) is 5.00 Å². The molecule has 0 radical (unpaired) electrons. The van der Waals surface area contributed by atoms with E-state index in [-0.39, 0.29) is 62.8 Å². The fourth-order valence-corrected chi connectivity index (χ4v) is 5.35. The minimum absolute atomic E-state index is 0. The van der Waals surface area contributed by atoms with Crippen LogP contribution in [0.5, 0.6) is 0 Å². The van der Waals surface area contributed by atoms with Crippen LogP contribution in [-0.4, -0.2) is 31.1 Å². The third-order valence-corrected chi connectivity index (χ3v) is 7.52. The molecule has 0 atom stereocenters. The van der Waals surface area contributed by atoms with Gasteiger partial charge in [-0.3, -0.25) is 20.1 Å². The Labute approximate surface area is 248 Å². The Hall–Kier alpha value is -2.06. The molecule has 3 heterocycles. The number of aromatic nitrogens is 2. The van der Waals surface area contributed by atoms with Crippen molar-refractivity contribution in [2.24, 2.45) is 0 Å². The molecule has 0 aliphatic carbocycles. The number of hydrogen-bond acceptors (Lipinski definition) is 6. The Kier molecular flexibility index (Phi) is 8.91. The van der Waals surface area contributed by atoms with Crippen molar-refractivity contribution < 1.29 is 68.6 Å². The summed E-state index contributed by atoms with van der Waals surface area (Å²) < 4.78 is 55.1. The third-order valence-electron chi connectivity index (χ3n) is 4.95. The van der Waals surface area contributed by atoms with Gasteiger partial charge in [0.25, 0.3) is 10.0 Å². The monoisotopic (exact) mass is 537 g/mol. The summed E-state index contributed by atoms with van der Waals surface area (Å²) in [5.74, 6) is -2.07. The summed E-state index contributed by atoms with van der Waals surface area (Å²) in [6.07, 6.45) is 4.79. The van der Waals surface area contributed by atoms with Crippen molar-refractivity contribution in [2.75, 3.05) is 11.8 Å². The molecule has 4 rings (SSSR count). The second kappa shape index (κ2) is 11.3. The maximum absolute atomic E-state index is 14.1. The molecule has 0 spiro atoms. The van der Waals surface area contributed by atoms with Crippen molar-refractivity contribution in [1.82, 2.24) is 9.97 Å². The van der Waals surface area contributed by atoms with Gasteiger partial charge in [-0.15, -0.1) is 7.05 Å². The minimum Gasteiger partial charge on any atom is -0.678 e. The average Bonchev–Trinajstić information content (AvgIpc) is 3.24. The molecule has 7 nitrogen and oxygen atoms in total. The average molecular weight is 538 g/mol. The van der Waals surface area contributed by atoms with Crippen molar-refractivity contribution in [3.63, 3.8) is 0 Å². The number of anilines is 1. The zero-order valence-corrected chi connectivity index (χ0v) is 23.8. The largest absolute Gasteiger partial charge is 1.00 e. The second-order valence-corrected chi connectivity index (χ2v) is 9.88. The molecule has 3 aromatic heterocycles. The number of sulfonamides is 1. The van der Waals surface area contributed by atoms with E-state index in [1.165, 1.54) is 11.3 Å². The van der Waals surface area contributed by atoms with Gasteiger partial charge in [-0.2, -0.15) is 11.3 Å². The maximum Gasteiger partial charge on any atom is 1.00 e. The van der Waals surface area contributed by atoms with E-state index in [0.29, 0.717) is 33.5 Å². The van der Waals surface area contributed by atoms with E-state index in [4.69, 9.17) is 5.41 Å². The van der Waals surface area contributed by atoms with Crippen LogP contribution < -0.4 is 56.1 Å². The van der Waals surface area contributed by atoms with Crippen LogP contribution in [0.25, 0.3) is 15.8 Å². The standard InChI is InChI=1S/C23H18F2N5O2S2.K/c1-13-19(30-34(31,32)21-4-3-16(24)10-18(21)25)9-15(12-29-13)20-11-17(23(27-2)33-20)22(26)14-5-7-28-8-6-14;/h3-12,26,30H,1-2H3;/q-1;+1. The van der Waals surface area contributed by atoms with Crippen LogP contribution in [-0.2, 0) is 10.0 Å². The molecular formula is C23H18F2KN5O2S2. The van der Waals surface area contributed by atoms with E-state index in [9.17, 15) is 17.2 Å². The summed E-state index contributed by atoms with van der Waals surface area (Å²) in [7, 11) is -2.70. The van der Waals surface area contributed by atoms with Crippen molar-refractivity contribution in [2.45, 2.75) is 11.8 Å². The van der Waals surface area contributed by atoms with Crippen molar-refractivity contribution in [3.05, 3.63) is 94.8 Å². The molecule has 0 aliphatic rings. The van der Waals surface area contributed by atoms with Crippen LogP contribution in [0.1, 0.15) is 16.8 Å². The number of aryl methyl sites for hydroxylation is 1. The summed E-state index contributed by atoms with van der Waals surface area (Å²) in [5.41, 5.74) is 2.68. The van der Waals surface area contributed by atoms with E-state index >= 15 is 0 Å². The predicted molar refractivity (Wildman–Crippen MR) is 129 cm³/mol. The molecule has 4 aromatic rings. The van der Waals surface area contributed by atoms with E-state index in [0.717, 1.165) is 17.0 Å². The number of hydrogen-bond donors (Lipinski definition) is 2. The molecule has 0 saturated heterocycles. The molecule has 2 N–H and O–H groups in total. The summed E-state index contributed by atoms with van der Waals surface area (Å²) in [6, 6.07) is 9.08. The predicted octanol–water partition coefficient (Wildman–Crippen LogP) is 2.65. The molecule has 0 aliphatic heterocycles. The fraction of sp³-hybridized carbons (Fsp3) is 0.0870. The van der Waals surface area contributed by atoms with Gasteiger partial charge < -0.3 is 5.32 Å². The SMILES string of the molecule is C[N-]c1sc(-c2cnc(C)c(NS(=O)(=O)c3ccc(F)cc3F)c2)cc1C(=N)c1ccncc1.[K+].